The summed E-state index contributed by atoms with van der Waals surface area (Å²) in [5.74, 6) is 0.481. The van der Waals surface area contributed by atoms with Crippen LogP contribution < -0.4 is 15.2 Å². The van der Waals surface area contributed by atoms with Gasteiger partial charge in [0.05, 0.1) is 19.6 Å². The molecule has 1 unspecified atom stereocenters. The molecule has 98 valence electrons. The van der Waals surface area contributed by atoms with E-state index in [1.165, 1.54) is 0 Å². The van der Waals surface area contributed by atoms with E-state index in [2.05, 4.69) is 0 Å². The van der Waals surface area contributed by atoms with Crippen molar-refractivity contribution in [2.75, 3.05) is 13.2 Å². The van der Waals surface area contributed by atoms with Crippen LogP contribution in [0, 0.1) is 6.92 Å². The number of hydrogen-bond acceptors (Lipinski definition) is 4. The highest BCUT2D eigenvalue weighted by Gasteiger charge is 2.18. The summed E-state index contributed by atoms with van der Waals surface area (Å²) in [5.41, 5.74) is 7.54. The number of nitrogens with two attached hydrogens (primary N) is 1. The molecule has 1 heterocycles. The molecule has 2 rings (SSSR count). The second kappa shape index (κ2) is 5.27. The lowest BCUT2D eigenvalue weighted by Crippen LogP contribution is -2.15. The molecule has 0 amide bonds. The number of aryl methyl sites for hydroxylation is 1. The molecule has 0 aliphatic carbocycles. The zero-order chi connectivity index (χ0) is 13.1. The number of ether oxygens (including phenoxy) is 2. The predicted molar refractivity (Wildman–Crippen MR) is 66.0 cm³/mol. The lowest BCUT2D eigenvalue weighted by molar-refractivity contribution is -0.137. The van der Waals surface area contributed by atoms with Crippen molar-refractivity contribution in [3.8, 4) is 11.5 Å². The van der Waals surface area contributed by atoms with Gasteiger partial charge < -0.3 is 20.3 Å². The fraction of sp³-hybridized carbons (Fsp3) is 0.462. The van der Waals surface area contributed by atoms with Crippen molar-refractivity contribution in [1.29, 1.82) is 0 Å². The fourth-order valence-corrected chi connectivity index (χ4v) is 2.00. The highest BCUT2D eigenvalue weighted by molar-refractivity contribution is 5.68. The molecule has 18 heavy (non-hydrogen) atoms. The molecule has 5 heteroatoms. The molecule has 0 spiro atoms. The van der Waals surface area contributed by atoms with Gasteiger partial charge in [0.2, 0.25) is 0 Å². The average Bonchev–Trinajstić information content (AvgIpc) is 2.53. The summed E-state index contributed by atoms with van der Waals surface area (Å²) >= 11 is 0. The van der Waals surface area contributed by atoms with Crippen LogP contribution in [-0.2, 0) is 4.79 Å². The Kier molecular flexibility index (Phi) is 3.72. The van der Waals surface area contributed by atoms with Crippen LogP contribution in [0.5, 0.6) is 11.5 Å². The first-order valence-corrected chi connectivity index (χ1v) is 5.95. The maximum Gasteiger partial charge on any atom is 0.305 e. The summed E-state index contributed by atoms with van der Waals surface area (Å²) in [6.07, 6.45) is 0.740. The van der Waals surface area contributed by atoms with Crippen LogP contribution in [0.2, 0.25) is 0 Å². The van der Waals surface area contributed by atoms with Gasteiger partial charge in [-0.3, -0.25) is 4.79 Å². The van der Waals surface area contributed by atoms with Gasteiger partial charge in [-0.1, -0.05) is 6.07 Å². The van der Waals surface area contributed by atoms with Gasteiger partial charge in [0, 0.05) is 12.5 Å². The second-order valence-corrected chi connectivity index (χ2v) is 4.42. The first-order chi connectivity index (χ1) is 8.58. The molecule has 1 atom stereocenters. The molecule has 0 radical (unpaired) electrons. The summed E-state index contributed by atoms with van der Waals surface area (Å²) in [4.78, 5) is 10.7. The highest BCUT2D eigenvalue weighted by Crippen LogP contribution is 2.36. The van der Waals surface area contributed by atoms with Gasteiger partial charge in [-0.2, -0.15) is 0 Å². The summed E-state index contributed by atoms with van der Waals surface area (Å²) < 4.78 is 11.2. The van der Waals surface area contributed by atoms with Gasteiger partial charge in [0.15, 0.2) is 11.5 Å². The van der Waals surface area contributed by atoms with Crippen molar-refractivity contribution < 1.29 is 19.4 Å². The van der Waals surface area contributed by atoms with E-state index >= 15 is 0 Å². The normalized spacial score (nSPS) is 15.9. The van der Waals surface area contributed by atoms with E-state index in [1.807, 2.05) is 13.0 Å². The van der Waals surface area contributed by atoms with Crippen LogP contribution >= 0.6 is 0 Å². The molecular formula is C13H17NO4. The van der Waals surface area contributed by atoms with E-state index in [9.17, 15) is 4.79 Å². The van der Waals surface area contributed by atoms with Gasteiger partial charge >= 0.3 is 5.97 Å². The van der Waals surface area contributed by atoms with E-state index in [0.717, 1.165) is 23.3 Å². The minimum Gasteiger partial charge on any atom is -0.490 e. The summed E-state index contributed by atoms with van der Waals surface area (Å²) in [6.45, 7) is 3.14. The van der Waals surface area contributed by atoms with Gasteiger partial charge in [-0.05, 0) is 24.1 Å². The highest BCUT2D eigenvalue weighted by atomic mass is 16.5. The maximum atomic E-state index is 10.7. The zero-order valence-electron chi connectivity index (χ0n) is 10.3. The minimum absolute atomic E-state index is 0.0981. The monoisotopic (exact) mass is 251 g/mol. The number of benzene rings is 1. The quantitative estimate of drug-likeness (QED) is 0.853. The number of carboxylic acids is 1. The standard InChI is InChI=1S/C13H17NO4/c1-8-5-9(10(14)7-12(15)16)6-11-13(8)18-4-2-3-17-11/h5-6,10H,2-4,7,14H2,1H3,(H,15,16). The topological polar surface area (TPSA) is 81.8 Å². The molecule has 1 aliphatic heterocycles. The Bertz CT molecular complexity index is 459. The van der Waals surface area contributed by atoms with Gasteiger partial charge in [0.25, 0.3) is 0 Å². The molecule has 3 N–H and O–H groups in total. The Morgan fingerprint density at radius 3 is 2.89 bits per heavy atom. The number of fused-ring (bicyclic) bond motifs is 1. The zero-order valence-corrected chi connectivity index (χ0v) is 10.3. The van der Waals surface area contributed by atoms with Crippen molar-refractivity contribution in [2.45, 2.75) is 25.8 Å². The number of carboxylic acid groups (broad SMARTS) is 1. The maximum absolute atomic E-state index is 10.7. The van der Waals surface area contributed by atoms with Gasteiger partial charge in [-0.15, -0.1) is 0 Å². The van der Waals surface area contributed by atoms with Crippen molar-refractivity contribution in [3.05, 3.63) is 23.3 Å². The van der Waals surface area contributed by atoms with E-state index in [4.69, 9.17) is 20.3 Å². The van der Waals surface area contributed by atoms with Crippen LogP contribution in [0.4, 0.5) is 0 Å². The van der Waals surface area contributed by atoms with Crippen LogP contribution in [0.3, 0.4) is 0 Å². The third kappa shape index (κ3) is 2.73. The van der Waals surface area contributed by atoms with E-state index in [0.29, 0.717) is 19.0 Å². The molecule has 1 aromatic carbocycles. The number of hydrogen-bond donors (Lipinski definition) is 2. The molecule has 0 bridgehead atoms. The van der Waals surface area contributed by atoms with Crippen LogP contribution in [0.25, 0.3) is 0 Å². The molecule has 0 fully saturated rings. The number of rotatable bonds is 3. The number of aliphatic carboxylic acids is 1. The molecular weight excluding hydrogens is 234 g/mol. The summed E-state index contributed by atoms with van der Waals surface area (Å²) in [6, 6.07) is 3.11. The van der Waals surface area contributed by atoms with Crippen molar-refractivity contribution >= 4 is 5.97 Å². The Labute approximate surface area is 106 Å². The lowest BCUT2D eigenvalue weighted by atomic mass is 10.0. The molecule has 1 aromatic rings. The smallest absolute Gasteiger partial charge is 0.305 e. The average molecular weight is 251 g/mol. The minimum atomic E-state index is -0.910. The number of carbonyl (C=O) groups is 1. The van der Waals surface area contributed by atoms with Gasteiger partial charge in [-0.25, -0.2) is 0 Å². The Balaban J connectivity index is 2.31. The lowest BCUT2D eigenvalue weighted by Gasteiger charge is -2.15. The van der Waals surface area contributed by atoms with Crippen molar-refractivity contribution in [3.63, 3.8) is 0 Å². The van der Waals surface area contributed by atoms with E-state index < -0.39 is 12.0 Å². The summed E-state index contributed by atoms with van der Waals surface area (Å²) in [7, 11) is 0. The van der Waals surface area contributed by atoms with Crippen molar-refractivity contribution in [1.82, 2.24) is 0 Å². The Hall–Kier alpha value is -1.75. The largest absolute Gasteiger partial charge is 0.490 e. The van der Waals surface area contributed by atoms with Crippen LogP contribution in [0.15, 0.2) is 12.1 Å². The SMILES string of the molecule is Cc1cc(C(N)CC(=O)O)cc2c1OCCCO2. The third-order valence-corrected chi connectivity index (χ3v) is 2.88. The van der Waals surface area contributed by atoms with Crippen molar-refractivity contribution in [2.24, 2.45) is 5.73 Å². The first kappa shape index (κ1) is 12.7. The molecule has 0 saturated heterocycles. The van der Waals surface area contributed by atoms with Crippen LogP contribution in [-0.4, -0.2) is 24.3 Å². The Morgan fingerprint density at radius 1 is 1.44 bits per heavy atom. The fourth-order valence-electron chi connectivity index (χ4n) is 2.00. The van der Waals surface area contributed by atoms with E-state index in [-0.39, 0.29) is 6.42 Å². The molecule has 5 nitrogen and oxygen atoms in total. The third-order valence-electron chi connectivity index (χ3n) is 2.88. The molecule has 0 saturated carbocycles. The first-order valence-electron chi connectivity index (χ1n) is 5.95. The van der Waals surface area contributed by atoms with E-state index in [1.54, 1.807) is 6.07 Å². The molecule has 1 aliphatic rings. The Morgan fingerprint density at radius 2 is 2.17 bits per heavy atom. The van der Waals surface area contributed by atoms with Crippen LogP contribution in [0.1, 0.15) is 30.0 Å². The molecule has 0 aromatic heterocycles. The van der Waals surface area contributed by atoms with Gasteiger partial charge in [0.1, 0.15) is 0 Å². The second-order valence-electron chi connectivity index (χ2n) is 4.42. The predicted octanol–water partition coefficient (Wildman–Crippen LogP) is 1.63. The summed E-state index contributed by atoms with van der Waals surface area (Å²) in [5, 5.41) is 8.76.